The second-order valence-electron chi connectivity index (χ2n) is 8.58. The number of nitrogens with zero attached hydrogens (tertiary/aromatic N) is 5. The van der Waals surface area contributed by atoms with Gasteiger partial charge in [-0.25, -0.2) is 14.4 Å². The zero-order chi connectivity index (χ0) is 23.7. The Balaban J connectivity index is 1.50. The quantitative estimate of drug-likeness (QED) is 0.308. The average molecular weight is 451 g/mol. The molecular formula is C29H14FN5. The Hall–Kier alpha value is -5.07. The highest BCUT2D eigenvalue weighted by atomic mass is 19.1. The van der Waals surface area contributed by atoms with E-state index in [0.29, 0.717) is 23.3 Å². The summed E-state index contributed by atoms with van der Waals surface area (Å²) in [6.07, 6.45) is 0. The van der Waals surface area contributed by atoms with Gasteiger partial charge in [0.15, 0.2) is 11.4 Å². The Morgan fingerprint density at radius 3 is 1.80 bits per heavy atom. The molecule has 0 unspecified atom stereocenters. The number of nitriles is 2. The molecule has 5 nitrogen and oxygen atoms in total. The van der Waals surface area contributed by atoms with Crippen molar-refractivity contribution in [1.29, 1.82) is 10.5 Å². The van der Waals surface area contributed by atoms with Crippen molar-refractivity contribution in [3.63, 3.8) is 0 Å². The zero-order valence-corrected chi connectivity index (χ0v) is 18.2. The second-order valence-corrected chi connectivity index (χ2v) is 8.58. The fraction of sp³-hybridized carbons (Fsp3) is 0.0345. The van der Waals surface area contributed by atoms with Crippen LogP contribution in [0.4, 0.5) is 4.39 Å². The first-order valence-corrected chi connectivity index (χ1v) is 11.1. The van der Waals surface area contributed by atoms with E-state index in [0.717, 1.165) is 43.9 Å². The van der Waals surface area contributed by atoms with Crippen LogP contribution in [0.25, 0.3) is 55.1 Å². The lowest BCUT2D eigenvalue weighted by atomic mass is 9.98. The lowest BCUT2D eigenvalue weighted by molar-refractivity contribution is 0.638. The maximum Gasteiger partial charge on any atom is 0.177 e. The molecule has 2 heterocycles. The van der Waals surface area contributed by atoms with Gasteiger partial charge in [-0.15, -0.1) is 0 Å². The third-order valence-electron chi connectivity index (χ3n) is 6.82. The van der Waals surface area contributed by atoms with Crippen molar-refractivity contribution in [3.05, 3.63) is 95.6 Å². The number of rotatable bonds is 2. The van der Waals surface area contributed by atoms with E-state index in [2.05, 4.69) is 38.8 Å². The highest BCUT2D eigenvalue weighted by Gasteiger charge is 2.29. The van der Waals surface area contributed by atoms with Crippen LogP contribution in [0.3, 0.4) is 0 Å². The second kappa shape index (κ2) is 6.96. The lowest BCUT2D eigenvalue weighted by Gasteiger charge is -2.13. The van der Waals surface area contributed by atoms with Crippen LogP contribution in [-0.2, 0) is 6.54 Å². The van der Waals surface area contributed by atoms with Gasteiger partial charge in [0.05, 0.1) is 11.4 Å². The van der Waals surface area contributed by atoms with Crippen LogP contribution in [-0.4, -0.2) is 14.5 Å². The van der Waals surface area contributed by atoms with E-state index >= 15 is 4.39 Å². The van der Waals surface area contributed by atoms with Crippen molar-refractivity contribution in [2.45, 2.75) is 6.54 Å². The molecule has 4 aromatic carbocycles. The molecular weight excluding hydrogens is 437 g/mol. The van der Waals surface area contributed by atoms with Crippen LogP contribution >= 0.6 is 0 Å². The van der Waals surface area contributed by atoms with Crippen LogP contribution in [0.15, 0.2) is 72.8 Å². The fourth-order valence-corrected chi connectivity index (χ4v) is 5.36. The molecule has 0 spiro atoms. The molecule has 0 radical (unpaired) electrons. The van der Waals surface area contributed by atoms with Crippen molar-refractivity contribution in [2.75, 3.05) is 0 Å². The summed E-state index contributed by atoms with van der Waals surface area (Å²) < 4.78 is 17.7. The summed E-state index contributed by atoms with van der Waals surface area (Å²) in [4.78, 5) is 8.85. The first-order chi connectivity index (χ1) is 17.2. The smallest absolute Gasteiger partial charge is 0.177 e. The number of halogens is 1. The number of fused-ring (bicyclic) bond motifs is 6. The first kappa shape index (κ1) is 19.4. The number of para-hydroxylation sites is 2. The number of aromatic nitrogens is 3. The van der Waals surface area contributed by atoms with Gasteiger partial charge in [-0.1, -0.05) is 48.5 Å². The molecule has 7 rings (SSSR count). The largest absolute Gasteiger partial charge is 0.336 e. The Morgan fingerprint density at radius 2 is 1.23 bits per heavy atom. The van der Waals surface area contributed by atoms with Gasteiger partial charge in [-0.05, 0) is 29.8 Å². The average Bonchev–Trinajstić information content (AvgIpc) is 3.39. The van der Waals surface area contributed by atoms with Gasteiger partial charge in [-0.2, -0.15) is 10.5 Å². The molecule has 0 bridgehead atoms. The van der Waals surface area contributed by atoms with Crippen molar-refractivity contribution in [2.24, 2.45) is 0 Å². The fourth-order valence-electron chi connectivity index (χ4n) is 5.36. The number of hydrogen-bond donors (Lipinski definition) is 0. The van der Waals surface area contributed by atoms with E-state index in [4.69, 9.17) is 0 Å². The first-order valence-electron chi connectivity index (χ1n) is 11.1. The number of benzene rings is 4. The minimum atomic E-state index is -0.324. The van der Waals surface area contributed by atoms with Crippen LogP contribution in [0.5, 0.6) is 0 Å². The standard InChI is InChI=1S/C29H14FN5/c30-21-12-11-20-27-19(28-29(20)34-23(14-32)22(13-31)33-28)10-9-16(26(21)27)15-35-24-7-3-1-5-17(24)18-6-2-4-8-25(18)35/h1-12H,15H2. The molecule has 0 N–H and O–H groups in total. The molecule has 0 aliphatic heterocycles. The highest BCUT2D eigenvalue weighted by molar-refractivity contribution is 6.14. The topological polar surface area (TPSA) is 78.3 Å². The Bertz CT molecular complexity index is 1870. The third-order valence-corrected chi connectivity index (χ3v) is 6.82. The van der Waals surface area contributed by atoms with Gasteiger partial charge >= 0.3 is 0 Å². The molecule has 0 saturated heterocycles. The maximum atomic E-state index is 15.5. The molecule has 1 aliphatic rings. The van der Waals surface area contributed by atoms with Crippen molar-refractivity contribution >= 4 is 32.6 Å². The van der Waals surface area contributed by atoms with Crippen molar-refractivity contribution < 1.29 is 4.39 Å². The van der Waals surface area contributed by atoms with Gasteiger partial charge < -0.3 is 4.57 Å². The van der Waals surface area contributed by atoms with Gasteiger partial charge in [0, 0.05) is 50.2 Å². The van der Waals surface area contributed by atoms with Gasteiger partial charge in [0.2, 0.25) is 0 Å². The van der Waals surface area contributed by atoms with E-state index < -0.39 is 0 Å². The summed E-state index contributed by atoms with van der Waals surface area (Å²) in [5.41, 5.74) is 5.42. The van der Waals surface area contributed by atoms with Gasteiger partial charge in [0.1, 0.15) is 18.0 Å². The molecule has 0 atom stereocenters. The van der Waals surface area contributed by atoms with Crippen LogP contribution in [0.1, 0.15) is 17.0 Å². The van der Waals surface area contributed by atoms with Crippen molar-refractivity contribution in [3.8, 4) is 34.7 Å². The van der Waals surface area contributed by atoms with E-state index in [1.807, 2.05) is 48.5 Å². The molecule has 6 heteroatoms. The normalized spacial score (nSPS) is 11.6. The Morgan fingerprint density at radius 1 is 0.686 bits per heavy atom. The summed E-state index contributed by atoms with van der Waals surface area (Å²) in [6, 6.07) is 27.3. The number of hydrogen-bond acceptors (Lipinski definition) is 4. The molecule has 0 amide bonds. The molecule has 162 valence electrons. The SMILES string of the molecule is N#Cc1nc2c(nc1C#N)-c1ccc(Cn3c4ccccc4c4ccccc43)c3c(F)ccc-2c13. The summed E-state index contributed by atoms with van der Waals surface area (Å²) in [7, 11) is 0. The summed E-state index contributed by atoms with van der Waals surface area (Å²) in [6.45, 7) is 0.481. The molecule has 0 saturated carbocycles. The Labute approximate surface area is 198 Å². The molecule has 35 heavy (non-hydrogen) atoms. The minimum absolute atomic E-state index is 0.0259. The summed E-state index contributed by atoms with van der Waals surface area (Å²) in [5, 5.41) is 22.4. The predicted octanol–water partition coefficient (Wildman–Crippen LogP) is 6.32. The zero-order valence-electron chi connectivity index (χ0n) is 18.2. The van der Waals surface area contributed by atoms with E-state index in [9.17, 15) is 10.5 Å². The van der Waals surface area contributed by atoms with Crippen LogP contribution < -0.4 is 0 Å². The lowest BCUT2D eigenvalue weighted by Crippen LogP contribution is -2.01. The minimum Gasteiger partial charge on any atom is -0.336 e. The summed E-state index contributed by atoms with van der Waals surface area (Å²) in [5.74, 6) is -0.324. The predicted molar refractivity (Wildman–Crippen MR) is 132 cm³/mol. The monoisotopic (exact) mass is 451 g/mol. The Kier molecular flexibility index (Phi) is 3.86. The van der Waals surface area contributed by atoms with Gasteiger partial charge in [0.25, 0.3) is 0 Å². The molecule has 2 aromatic heterocycles. The van der Waals surface area contributed by atoms with E-state index in [1.54, 1.807) is 6.07 Å². The van der Waals surface area contributed by atoms with Crippen LogP contribution in [0.2, 0.25) is 0 Å². The van der Waals surface area contributed by atoms with Crippen molar-refractivity contribution in [1.82, 2.24) is 14.5 Å². The summed E-state index contributed by atoms with van der Waals surface area (Å²) >= 11 is 0. The highest BCUT2D eigenvalue weighted by Crippen LogP contribution is 2.47. The van der Waals surface area contributed by atoms with E-state index in [-0.39, 0.29) is 17.2 Å². The molecule has 1 aliphatic carbocycles. The maximum absolute atomic E-state index is 15.5. The van der Waals surface area contributed by atoms with Gasteiger partial charge in [-0.3, -0.25) is 0 Å². The molecule has 6 aromatic rings. The molecule has 0 fully saturated rings. The third kappa shape index (κ3) is 2.54. The van der Waals surface area contributed by atoms with Crippen LogP contribution in [0, 0.1) is 28.5 Å². The van der Waals surface area contributed by atoms with E-state index in [1.165, 1.54) is 6.07 Å².